The highest BCUT2D eigenvalue weighted by atomic mass is 35.5. The van der Waals surface area contributed by atoms with E-state index < -0.39 is 11.7 Å². The lowest BCUT2D eigenvalue weighted by Gasteiger charge is -2.12. The summed E-state index contributed by atoms with van der Waals surface area (Å²) in [7, 11) is 4.42. The van der Waals surface area contributed by atoms with Crippen LogP contribution in [0.5, 0.6) is 17.2 Å². The summed E-state index contributed by atoms with van der Waals surface area (Å²) in [5.74, 6) is 1.26. The molecule has 0 atom stereocenters. The molecule has 0 spiro atoms. The molecule has 0 aromatic heterocycles. The minimum Gasteiger partial charge on any atom is -0.493 e. The molecule has 0 fully saturated rings. The maximum atomic E-state index is 12.8. The molecule has 2 aromatic rings. The van der Waals surface area contributed by atoms with Crippen LogP contribution in [0.4, 0.5) is 18.9 Å². The van der Waals surface area contributed by atoms with Gasteiger partial charge in [0.25, 0.3) is 0 Å². The molecule has 0 unspecified atom stereocenters. The highest BCUT2D eigenvalue weighted by Gasteiger charge is 2.30. The molecule has 0 saturated heterocycles. The first-order valence-electron chi connectivity index (χ1n) is 7.26. The van der Waals surface area contributed by atoms with Crippen molar-refractivity contribution in [2.24, 2.45) is 5.10 Å². The van der Waals surface area contributed by atoms with E-state index in [9.17, 15) is 13.2 Å². The maximum absolute atomic E-state index is 12.8. The number of rotatable bonds is 6. The van der Waals surface area contributed by atoms with Crippen molar-refractivity contribution >= 4 is 23.5 Å². The quantitative estimate of drug-likeness (QED) is 0.569. The summed E-state index contributed by atoms with van der Waals surface area (Å²) in [6.45, 7) is 0. The lowest BCUT2D eigenvalue weighted by atomic mass is 10.2. The van der Waals surface area contributed by atoms with E-state index in [0.29, 0.717) is 22.8 Å². The zero-order chi connectivity index (χ0) is 19.3. The van der Waals surface area contributed by atoms with Gasteiger partial charge in [-0.1, -0.05) is 11.6 Å². The molecule has 5 nitrogen and oxygen atoms in total. The Morgan fingerprint density at radius 2 is 1.62 bits per heavy atom. The Bertz CT molecular complexity index is 785. The largest absolute Gasteiger partial charge is 0.493 e. The fourth-order valence-corrected chi connectivity index (χ4v) is 2.30. The van der Waals surface area contributed by atoms with Crippen LogP contribution in [0, 0.1) is 0 Å². The summed E-state index contributed by atoms with van der Waals surface area (Å²) in [5.41, 5.74) is 2.29. The number of anilines is 1. The molecule has 0 saturated carbocycles. The summed E-state index contributed by atoms with van der Waals surface area (Å²) in [6, 6.07) is 6.22. The second-order valence-corrected chi connectivity index (χ2v) is 5.43. The standard InChI is InChI=1S/C17H16ClF3N2O3/c1-24-14-6-10(7-15(25-2)16(14)26-3)9-22-23-13-8-11(17(19,20)21)4-5-12(13)18/h4-9,23H,1-3H3/b22-9-. The predicted molar refractivity (Wildman–Crippen MR) is 93.8 cm³/mol. The lowest BCUT2D eigenvalue weighted by molar-refractivity contribution is -0.137. The minimum atomic E-state index is -4.47. The van der Waals surface area contributed by atoms with Gasteiger partial charge in [0.1, 0.15) is 0 Å². The van der Waals surface area contributed by atoms with Crippen LogP contribution in [-0.4, -0.2) is 27.5 Å². The van der Waals surface area contributed by atoms with Gasteiger partial charge in [-0.05, 0) is 30.3 Å². The third kappa shape index (κ3) is 4.51. The Morgan fingerprint density at radius 3 is 2.12 bits per heavy atom. The molecule has 0 aliphatic heterocycles. The van der Waals surface area contributed by atoms with E-state index in [1.54, 1.807) is 12.1 Å². The number of hydrogen-bond donors (Lipinski definition) is 1. The van der Waals surface area contributed by atoms with Gasteiger partial charge in [-0.2, -0.15) is 18.3 Å². The fourth-order valence-electron chi connectivity index (χ4n) is 2.14. The molecule has 9 heteroatoms. The third-order valence-electron chi connectivity index (χ3n) is 3.38. The van der Waals surface area contributed by atoms with Crippen LogP contribution in [0.2, 0.25) is 5.02 Å². The number of benzene rings is 2. The highest BCUT2D eigenvalue weighted by molar-refractivity contribution is 6.33. The summed E-state index contributed by atoms with van der Waals surface area (Å²) < 4.78 is 54.0. The van der Waals surface area contributed by atoms with Crippen LogP contribution in [0.1, 0.15) is 11.1 Å². The molecule has 2 aromatic carbocycles. The zero-order valence-corrected chi connectivity index (χ0v) is 14.9. The number of ether oxygens (including phenoxy) is 3. The normalized spacial score (nSPS) is 11.5. The summed E-state index contributed by atoms with van der Waals surface area (Å²) in [6.07, 6.45) is -3.08. The molecular weight excluding hydrogens is 373 g/mol. The van der Waals surface area contributed by atoms with Crippen molar-refractivity contribution in [3.05, 3.63) is 46.5 Å². The van der Waals surface area contributed by atoms with E-state index >= 15 is 0 Å². The first kappa shape index (κ1) is 19.7. The Morgan fingerprint density at radius 1 is 1.00 bits per heavy atom. The topological polar surface area (TPSA) is 52.1 Å². The van der Waals surface area contributed by atoms with E-state index in [-0.39, 0.29) is 10.7 Å². The SMILES string of the molecule is COc1cc(/C=N\Nc2cc(C(F)(F)F)ccc2Cl)cc(OC)c1OC. The molecule has 140 valence electrons. The van der Waals surface area contributed by atoms with Crippen LogP contribution >= 0.6 is 11.6 Å². The van der Waals surface area contributed by atoms with Gasteiger partial charge in [0.2, 0.25) is 5.75 Å². The van der Waals surface area contributed by atoms with Crippen molar-refractivity contribution in [1.29, 1.82) is 0 Å². The number of alkyl halides is 3. The van der Waals surface area contributed by atoms with Crippen LogP contribution in [0.25, 0.3) is 0 Å². The number of nitrogens with one attached hydrogen (secondary N) is 1. The smallest absolute Gasteiger partial charge is 0.416 e. The molecule has 0 amide bonds. The van der Waals surface area contributed by atoms with Crippen LogP contribution in [-0.2, 0) is 6.18 Å². The number of halogens is 4. The van der Waals surface area contributed by atoms with E-state index in [1.807, 2.05) is 0 Å². The van der Waals surface area contributed by atoms with Crippen LogP contribution in [0.15, 0.2) is 35.4 Å². The average Bonchev–Trinajstić information content (AvgIpc) is 2.61. The Hall–Kier alpha value is -2.61. The molecule has 26 heavy (non-hydrogen) atoms. The molecule has 0 aliphatic carbocycles. The fraction of sp³-hybridized carbons (Fsp3) is 0.235. The van der Waals surface area contributed by atoms with E-state index in [0.717, 1.165) is 18.2 Å². The molecule has 0 bridgehead atoms. The van der Waals surface area contributed by atoms with Gasteiger partial charge in [-0.25, -0.2) is 0 Å². The molecular formula is C17H16ClF3N2O3. The summed E-state index contributed by atoms with van der Waals surface area (Å²) in [4.78, 5) is 0. The lowest BCUT2D eigenvalue weighted by Crippen LogP contribution is -2.05. The maximum Gasteiger partial charge on any atom is 0.416 e. The number of methoxy groups -OCH3 is 3. The van der Waals surface area contributed by atoms with Gasteiger partial charge in [-0.15, -0.1) is 0 Å². The van der Waals surface area contributed by atoms with Gasteiger partial charge in [0.15, 0.2) is 11.5 Å². The molecule has 2 rings (SSSR count). The van der Waals surface area contributed by atoms with Gasteiger partial charge >= 0.3 is 6.18 Å². The van der Waals surface area contributed by atoms with Crippen molar-refractivity contribution in [3.8, 4) is 17.2 Å². The van der Waals surface area contributed by atoms with Gasteiger partial charge in [0, 0.05) is 5.56 Å². The number of hydrazone groups is 1. The third-order valence-corrected chi connectivity index (χ3v) is 3.71. The van der Waals surface area contributed by atoms with Gasteiger partial charge in [0.05, 0.1) is 43.8 Å². The zero-order valence-electron chi connectivity index (χ0n) is 14.1. The summed E-state index contributed by atoms with van der Waals surface area (Å²) in [5, 5.41) is 4.03. The van der Waals surface area contributed by atoms with Gasteiger partial charge in [-0.3, -0.25) is 5.43 Å². The van der Waals surface area contributed by atoms with Crippen LogP contribution < -0.4 is 19.6 Å². The predicted octanol–water partition coefficient (Wildman–Crippen LogP) is 4.83. The van der Waals surface area contributed by atoms with Crippen molar-refractivity contribution in [2.45, 2.75) is 6.18 Å². The molecule has 0 radical (unpaired) electrons. The Balaban J connectivity index is 2.26. The van der Waals surface area contributed by atoms with Crippen LogP contribution in [0.3, 0.4) is 0 Å². The number of hydrogen-bond acceptors (Lipinski definition) is 5. The van der Waals surface area contributed by atoms with E-state index in [4.69, 9.17) is 25.8 Å². The molecule has 1 N–H and O–H groups in total. The molecule has 0 heterocycles. The number of nitrogens with zero attached hydrogens (tertiary/aromatic N) is 1. The Kier molecular flexibility index (Phi) is 6.20. The summed E-state index contributed by atoms with van der Waals surface area (Å²) >= 11 is 5.90. The second-order valence-electron chi connectivity index (χ2n) is 5.02. The first-order valence-corrected chi connectivity index (χ1v) is 7.63. The highest BCUT2D eigenvalue weighted by Crippen LogP contribution is 2.38. The van der Waals surface area contributed by atoms with E-state index in [2.05, 4.69) is 10.5 Å². The Labute approximate surface area is 153 Å². The van der Waals surface area contributed by atoms with E-state index in [1.165, 1.54) is 27.5 Å². The second kappa shape index (κ2) is 8.18. The monoisotopic (exact) mass is 388 g/mol. The van der Waals surface area contributed by atoms with Crippen molar-refractivity contribution < 1.29 is 27.4 Å². The molecule has 0 aliphatic rings. The first-order chi connectivity index (χ1) is 12.3. The van der Waals surface area contributed by atoms with Crippen molar-refractivity contribution in [3.63, 3.8) is 0 Å². The minimum absolute atomic E-state index is 0.0326. The van der Waals surface area contributed by atoms with Crippen molar-refractivity contribution in [2.75, 3.05) is 26.8 Å². The van der Waals surface area contributed by atoms with Gasteiger partial charge < -0.3 is 14.2 Å². The van der Waals surface area contributed by atoms with Crippen molar-refractivity contribution in [1.82, 2.24) is 0 Å². The average molecular weight is 389 g/mol.